The Kier molecular flexibility index (Phi) is 3.94. The maximum absolute atomic E-state index is 5.27. The van der Waals surface area contributed by atoms with Gasteiger partial charge in [0.2, 0.25) is 0 Å². The predicted octanol–water partition coefficient (Wildman–Crippen LogP) is 3.75. The first-order valence-corrected chi connectivity index (χ1v) is 6.62. The lowest BCUT2D eigenvalue weighted by atomic mass is 10.2. The number of benzene rings is 1. The molecule has 0 saturated carbocycles. The fourth-order valence-corrected chi connectivity index (χ4v) is 2.05. The van der Waals surface area contributed by atoms with E-state index >= 15 is 0 Å². The molecule has 1 aromatic heterocycles. The maximum Gasteiger partial charge on any atom is 0.122 e. The summed E-state index contributed by atoms with van der Waals surface area (Å²) in [6, 6.07) is 12.4. The summed E-state index contributed by atoms with van der Waals surface area (Å²) in [5.41, 5.74) is 2.49. The molecule has 0 amide bonds. The molecule has 3 heteroatoms. The molecule has 0 aliphatic rings. The van der Waals surface area contributed by atoms with Gasteiger partial charge in [-0.15, -0.1) is 0 Å². The van der Waals surface area contributed by atoms with Crippen LogP contribution in [0.1, 0.15) is 11.3 Å². The van der Waals surface area contributed by atoms with Crippen molar-refractivity contribution in [3.8, 4) is 0 Å². The number of hydrogen-bond donors (Lipinski definition) is 1. The Morgan fingerprint density at radius 3 is 2.94 bits per heavy atom. The van der Waals surface area contributed by atoms with Gasteiger partial charge in [-0.25, -0.2) is 0 Å². The zero-order chi connectivity index (χ0) is 11.2. The maximum atomic E-state index is 5.27. The van der Waals surface area contributed by atoms with Crippen molar-refractivity contribution in [3.63, 3.8) is 0 Å². The quantitative estimate of drug-likeness (QED) is 0.851. The second-order valence-corrected chi connectivity index (χ2v) is 4.43. The van der Waals surface area contributed by atoms with Crippen molar-refractivity contribution in [2.45, 2.75) is 12.3 Å². The molecule has 0 aliphatic heterocycles. The Bertz CT molecular complexity index is 425. The van der Waals surface area contributed by atoms with E-state index in [1.807, 2.05) is 23.9 Å². The molecule has 0 radical (unpaired) electrons. The van der Waals surface area contributed by atoms with E-state index in [0.29, 0.717) is 0 Å². The Morgan fingerprint density at radius 1 is 1.25 bits per heavy atom. The number of nitrogens with one attached hydrogen (secondary N) is 1. The van der Waals surface area contributed by atoms with Gasteiger partial charge in [0.05, 0.1) is 12.8 Å². The minimum absolute atomic E-state index is 0.732. The molecule has 2 aromatic rings. The minimum Gasteiger partial charge on any atom is -0.467 e. The van der Waals surface area contributed by atoms with E-state index in [1.165, 1.54) is 5.56 Å². The standard InChI is InChI=1S/C13H15NOS/c1-16-10-11-4-2-5-12(8-11)14-9-13-6-3-7-15-13/h2-8,14H,9-10H2,1H3. The average molecular weight is 233 g/mol. The van der Waals surface area contributed by atoms with Crippen LogP contribution in [0, 0.1) is 0 Å². The highest BCUT2D eigenvalue weighted by Crippen LogP contribution is 2.15. The van der Waals surface area contributed by atoms with Gasteiger partial charge in [0, 0.05) is 11.4 Å². The molecule has 1 N–H and O–H groups in total. The third-order valence-electron chi connectivity index (χ3n) is 2.28. The summed E-state index contributed by atoms with van der Waals surface area (Å²) < 4.78 is 5.27. The topological polar surface area (TPSA) is 25.2 Å². The first kappa shape index (κ1) is 11.1. The van der Waals surface area contributed by atoms with Gasteiger partial charge in [-0.1, -0.05) is 12.1 Å². The molecule has 0 aliphatic carbocycles. The van der Waals surface area contributed by atoms with Crippen molar-refractivity contribution < 1.29 is 4.42 Å². The molecule has 2 rings (SSSR count). The predicted molar refractivity (Wildman–Crippen MR) is 69.7 cm³/mol. The fourth-order valence-electron chi connectivity index (χ4n) is 1.54. The highest BCUT2D eigenvalue weighted by molar-refractivity contribution is 7.97. The van der Waals surface area contributed by atoms with Crippen molar-refractivity contribution >= 4 is 17.4 Å². The van der Waals surface area contributed by atoms with Crippen LogP contribution in [0.5, 0.6) is 0 Å². The van der Waals surface area contributed by atoms with Crippen molar-refractivity contribution in [1.82, 2.24) is 0 Å². The molecule has 0 bridgehead atoms. The molecule has 1 aromatic carbocycles. The summed E-state index contributed by atoms with van der Waals surface area (Å²) in [5, 5.41) is 3.34. The summed E-state index contributed by atoms with van der Waals surface area (Å²) in [6.07, 6.45) is 3.81. The highest BCUT2D eigenvalue weighted by atomic mass is 32.2. The number of anilines is 1. The highest BCUT2D eigenvalue weighted by Gasteiger charge is 1.97. The summed E-state index contributed by atoms with van der Waals surface area (Å²) in [7, 11) is 0. The largest absolute Gasteiger partial charge is 0.467 e. The summed E-state index contributed by atoms with van der Waals surface area (Å²) >= 11 is 1.83. The smallest absolute Gasteiger partial charge is 0.122 e. The first-order valence-electron chi connectivity index (χ1n) is 5.22. The third kappa shape index (κ3) is 3.07. The molecule has 0 fully saturated rings. The molecule has 0 atom stereocenters. The van der Waals surface area contributed by atoms with Crippen LogP contribution in [0.15, 0.2) is 47.1 Å². The van der Waals surface area contributed by atoms with E-state index < -0.39 is 0 Å². The van der Waals surface area contributed by atoms with E-state index in [4.69, 9.17) is 4.42 Å². The number of hydrogen-bond acceptors (Lipinski definition) is 3. The number of furan rings is 1. The van der Waals surface area contributed by atoms with Gasteiger partial charge in [-0.3, -0.25) is 0 Å². The Labute approximate surface area is 100 Å². The van der Waals surface area contributed by atoms with Crippen molar-refractivity contribution in [1.29, 1.82) is 0 Å². The van der Waals surface area contributed by atoms with Gasteiger partial charge in [0.15, 0.2) is 0 Å². The number of thioether (sulfide) groups is 1. The van der Waals surface area contributed by atoms with Crippen LogP contribution < -0.4 is 5.32 Å². The van der Waals surface area contributed by atoms with Crippen LogP contribution in [-0.4, -0.2) is 6.26 Å². The zero-order valence-corrected chi connectivity index (χ0v) is 10.1. The summed E-state index contributed by atoms with van der Waals surface area (Å²) in [6.45, 7) is 0.732. The van der Waals surface area contributed by atoms with Crippen LogP contribution in [0.25, 0.3) is 0 Å². The molecule has 2 nitrogen and oxygen atoms in total. The second-order valence-electron chi connectivity index (χ2n) is 3.57. The first-order chi connectivity index (χ1) is 7.88. The third-order valence-corrected chi connectivity index (χ3v) is 2.91. The Morgan fingerprint density at radius 2 is 2.19 bits per heavy atom. The lowest BCUT2D eigenvalue weighted by molar-refractivity contribution is 0.518. The van der Waals surface area contributed by atoms with Crippen LogP contribution in [0.3, 0.4) is 0 Å². The van der Waals surface area contributed by atoms with Gasteiger partial charge < -0.3 is 9.73 Å². The fraction of sp³-hybridized carbons (Fsp3) is 0.231. The van der Waals surface area contributed by atoms with Gasteiger partial charge >= 0.3 is 0 Å². The normalized spacial score (nSPS) is 10.3. The Balaban J connectivity index is 1.96. The van der Waals surface area contributed by atoms with Crippen LogP contribution in [0.2, 0.25) is 0 Å². The molecule has 84 valence electrons. The van der Waals surface area contributed by atoms with Gasteiger partial charge in [0.1, 0.15) is 5.76 Å². The summed E-state index contributed by atoms with van der Waals surface area (Å²) in [4.78, 5) is 0. The molecular formula is C13H15NOS. The lowest BCUT2D eigenvalue weighted by Gasteiger charge is -2.06. The van der Waals surface area contributed by atoms with Crippen molar-refractivity contribution in [2.24, 2.45) is 0 Å². The molecule has 16 heavy (non-hydrogen) atoms. The van der Waals surface area contributed by atoms with E-state index in [2.05, 4.69) is 35.8 Å². The van der Waals surface area contributed by atoms with E-state index in [9.17, 15) is 0 Å². The van der Waals surface area contributed by atoms with Crippen LogP contribution >= 0.6 is 11.8 Å². The SMILES string of the molecule is CSCc1cccc(NCc2ccco2)c1. The van der Waals surface area contributed by atoms with E-state index in [1.54, 1.807) is 6.26 Å². The average Bonchev–Trinajstić information content (AvgIpc) is 2.80. The van der Waals surface area contributed by atoms with Crippen LogP contribution in [0.4, 0.5) is 5.69 Å². The molecular weight excluding hydrogens is 218 g/mol. The minimum atomic E-state index is 0.732. The van der Waals surface area contributed by atoms with Crippen molar-refractivity contribution in [2.75, 3.05) is 11.6 Å². The van der Waals surface area contributed by atoms with Gasteiger partial charge in [-0.2, -0.15) is 11.8 Å². The van der Waals surface area contributed by atoms with E-state index in [0.717, 1.165) is 23.7 Å². The second kappa shape index (κ2) is 5.66. The van der Waals surface area contributed by atoms with E-state index in [-0.39, 0.29) is 0 Å². The van der Waals surface area contributed by atoms with Gasteiger partial charge in [0.25, 0.3) is 0 Å². The lowest BCUT2D eigenvalue weighted by Crippen LogP contribution is -1.98. The molecule has 0 saturated heterocycles. The summed E-state index contributed by atoms with van der Waals surface area (Å²) in [5.74, 6) is 2.01. The zero-order valence-electron chi connectivity index (χ0n) is 9.27. The van der Waals surface area contributed by atoms with Crippen molar-refractivity contribution in [3.05, 3.63) is 54.0 Å². The Hall–Kier alpha value is -1.35. The molecule has 0 spiro atoms. The van der Waals surface area contributed by atoms with Crippen LogP contribution in [-0.2, 0) is 12.3 Å². The van der Waals surface area contributed by atoms with Gasteiger partial charge in [-0.05, 0) is 36.1 Å². The molecule has 0 unspecified atom stereocenters. The number of rotatable bonds is 5. The molecule has 1 heterocycles. The monoisotopic (exact) mass is 233 g/mol.